The lowest BCUT2D eigenvalue weighted by Crippen LogP contribution is -2.22. The summed E-state index contributed by atoms with van der Waals surface area (Å²) in [4.78, 5) is 4.27. The lowest BCUT2D eigenvalue weighted by atomic mass is 10.1. The molecule has 1 aromatic heterocycles. The molecule has 1 aliphatic rings. The van der Waals surface area contributed by atoms with Crippen LogP contribution in [-0.4, -0.2) is 17.7 Å². The Bertz CT molecular complexity index is 531. The van der Waals surface area contributed by atoms with E-state index in [9.17, 15) is 0 Å². The Morgan fingerprint density at radius 2 is 2.16 bits per heavy atom. The molecule has 19 heavy (non-hydrogen) atoms. The van der Waals surface area contributed by atoms with Gasteiger partial charge in [-0.3, -0.25) is 4.98 Å². The summed E-state index contributed by atoms with van der Waals surface area (Å²) in [6, 6.07) is 12.0. The predicted octanol–water partition coefficient (Wildman–Crippen LogP) is 3.36. The molecule has 1 aliphatic heterocycles. The fourth-order valence-corrected chi connectivity index (χ4v) is 2.44. The summed E-state index contributed by atoms with van der Waals surface area (Å²) in [5, 5.41) is 0.758. The number of nitrogens with zero attached hydrogens (tertiary/aromatic N) is 1. The molecule has 1 atom stereocenters. The minimum absolute atomic E-state index is 0.0910. The van der Waals surface area contributed by atoms with E-state index in [1.807, 2.05) is 30.3 Å². The molecule has 0 amide bonds. The van der Waals surface area contributed by atoms with Crippen LogP contribution >= 0.6 is 15.9 Å². The van der Waals surface area contributed by atoms with Gasteiger partial charge in [0.2, 0.25) is 0 Å². The second-order valence-electron chi connectivity index (χ2n) is 4.48. The largest absolute Gasteiger partial charge is 0.488 e. The van der Waals surface area contributed by atoms with Crippen LogP contribution in [-0.2, 0) is 11.8 Å². The van der Waals surface area contributed by atoms with Gasteiger partial charge in [0.15, 0.2) is 0 Å². The molecule has 1 aromatic carbocycles. The van der Waals surface area contributed by atoms with Crippen molar-refractivity contribution in [2.75, 3.05) is 6.61 Å². The number of hydrogen-bond donors (Lipinski definition) is 0. The number of para-hydroxylation sites is 1. The zero-order valence-corrected chi connectivity index (χ0v) is 12.0. The molecule has 2 aromatic rings. The van der Waals surface area contributed by atoms with Gasteiger partial charge in [-0.05, 0) is 23.8 Å². The second-order valence-corrected chi connectivity index (χ2v) is 5.04. The van der Waals surface area contributed by atoms with Crippen molar-refractivity contribution in [3.8, 4) is 11.5 Å². The number of fused-ring (bicyclic) bond motifs is 1. The molecule has 4 heteroatoms. The van der Waals surface area contributed by atoms with Crippen LogP contribution in [0.3, 0.4) is 0 Å². The van der Waals surface area contributed by atoms with Crippen molar-refractivity contribution in [1.29, 1.82) is 0 Å². The SMILES string of the molecule is BrCc1ccc(OCC2Cc3ccccc3O2)cn1. The highest BCUT2D eigenvalue weighted by Gasteiger charge is 2.22. The molecule has 0 bridgehead atoms. The van der Waals surface area contributed by atoms with Gasteiger partial charge in [0.05, 0.1) is 11.9 Å². The van der Waals surface area contributed by atoms with E-state index < -0.39 is 0 Å². The number of rotatable bonds is 4. The predicted molar refractivity (Wildman–Crippen MR) is 76.9 cm³/mol. The monoisotopic (exact) mass is 319 g/mol. The van der Waals surface area contributed by atoms with Crippen molar-refractivity contribution < 1.29 is 9.47 Å². The molecule has 0 spiro atoms. The quantitative estimate of drug-likeness (QED) is 0.810. The summed E-state index contributed by atoms with van der Waals surface area (Å²) in [5.41, 5.74) is 2.25. The van der Waals surface area contributed by atoms with Crippen molar-refractivity contribution in [1.82, 2.24) is 4.98 Å². The van der Waals surface area contributed by atoms with Gasteiger partial charge >= 0.3 is 0 Å². The first-order valence-corrected chi connectivity index (χ1v) is 7.35. The Morgan fingerprint density at radius 3 is 2.89 bits per heavy atom. The summed E-state index contributed by atoms with van der Waals surface area (Å²) in [5.74, 6) is 1.76. The van der Waals surface area contributed by atoms with Gasteiger partial charge in [-0.2, -0.15) is 0 Å². The van der Waals surface area contributed by atoms with Crippen LogP contribution in [0.4, 0.5) is 0 Å². The summed E-state index contributed by atoms with van der Waals surface area (Å²) in [6.45, 7) is 0.546. The topological polar surface area (TPSA) is 31.4 Å². The van der Waals surface area contributed by atoms with Gasteiger partial charge < -0.3 is 9.47 Å². The molecule has 0 fully saturated rings. The normalized spacial score (nSPS) is 16.8. The molecule has 0 saturated carbocycles. The van der Waals surface area contributed by atoms with Crippen LogP contribution in [0.1, 0.15) is 11.3 Å². The van der Waals surface area contributed by atoms with E-state index in [4.69, 9.17) is 9.47 Å². The molecule has 0 N–H and O–H groups in total. The number of alkyl halides is 1. The van der Waals surface area contributed by atoms with Gasteiger partial charge in [0, 0.05) is 11.8 Å². The Balaban J connectivity index is 1.56. The third kappa shape index (κ3) is 2.89. The van der Waals surface area contributed by atoms with E-state index in [1.165, 1.54) is 5.56 Å². The van der Waals surface area contributed by atoms with E-state index in [2.05, 4.69) is 27.0 Å². The van der Waals surface area contributed by atoms with Gasteiger partial charge in [-0.15, -0.1) is 0 Å². The van der Waals surface area contributed by atoms with Crippen molar-refractivity contribution in [3.63, 3.8) is 0 Å². The van der Waals surface area contributed by atoms with Crippen molar-refractivity contribution in [2.24, 2.45) is 0 Å². The maximum absolute atomic E-state index is 5.82. The second kappa shape index (κ2) is 5.61. The highest BCUT2D eigenvalue weighted by molar-refractivity contribution is 9.08. The minimum atomic E-state index is 0.0910. The third-order valence-corrected chi connectivity index (χ3v) is 3.66. The first-order valence-electron chi connectivity index (χ1n) is 6.23. The van der Waals surface area contributed by atoms with E-state index >= 15 is 0 Å². The molecule has 3 nitrogen and oxygen atoms in total. The highest BCUT2D eigenvalue weighted by atomic mass is 79.9. The van der Waals surface area contributed by atoms with Crippen molar-refractivity contribution >= 4 is 15.9 Å². The summed E-state index contributed by atoms with van der Waals surface area (Å²) in [7, 11) is 0. The van der Waals surface area contributed by atoms with Gasteiger partial charge in [0.1, 0.15) is 24.2 Å². The van der Waals surface area contributed by atoms with E-state index in [1.54, 1.807) is 6.20 Å². The Labute approximate surface area is 120 Å². The van der Waals surface area contributed by atoms with Crippen LogP contribution in [0.15, 0.2) is 42.6 Å². The van der Waals surface area contributed by atoms with Crippen LogP contribution in [0.2, 0.25) is 0 Å². The molecule has 2 heterocycles. The van der Waals surface area contributed by atoms with Crippen molar-refractivity contribution in [3.05, 3.63) is 53.9 Å². The van der Waals surface area contributed by atoms with Crippen LogP contribution in [0, 0.1) is 0 Å². The van der Waals surface area contributed by atoms with E-state index in [0.717, 1.165) is 28.9 Å². The molecule has 98 valence electrons. The highest BCUT2D eigenvalue weighted by Crippen LogP contribution is 2.28. The molecule has 0 radical (unpaired) electrons. The molecule has 1 unspecified atom stereocenters. The third-order valence-electron chi connectivity index (χ3n) is 3.08. The Morgan fingerprint density at radius 1 is 1.26 bits per heavy atom. The first-order chi connectivity index (χ1) is 9.35. The summed E-state index contributed by atoms with van der Waals surface area (Å²) >= 11 is 3.37. The number of benzene rings is 1. The fourth-order valence-electron chi connectivity index (χ4n) is 2.11. The smallest absolute Gasteiger partial charge is 0.137 e. The standard InChI is InChI=1S/C15H14BrNO2/c16-8-12-5-6-13(9-17-12)18-10-14-7-11-3-1-2-4-15(11)19-14/h1-6,9,14H,7-8,10H2. The first kappa shape index (κ1) is 12.5. The van der Waals surface area contributed by atoms with Gasteiger partial charge in [-0.1, -0.05) is 34.1 Å². The molecule has 0 aliphatic carbocycles. The Kier molecular flexibility index (Phi) is 3.69. The maximum Gasteiger partial charge on any atom is 0.137 e. The number of halogens is 1. The lowest BCUT2D eigenvalue weighted by Gasteiger charge is -2.12. The van der Waals surface area contributed by atoms with Crippen LogP contribution < -0.4 is 9.47 Å². The van der Waals surface area contributed by atoms with E-state index in [-0.39, 0.29) is 6.10 Å². The zero-order valence-electron chi connectivity index (χ0n) is 10.4. The zero-order chi connectivity index (χ0) is 13.1. The van der Waals surface area contributed by atoms with Gasteiger partial charge in [0.25, 0.3) is 0 Å². The molecular weight excluding hydrogens is 306 g/mol. The average molecular weight is 320 g/mol. The number of aromatic nitrogens is 1. The molecular formula is C15H14BrNO2. The van der Waals surface area contributed by atoms with Crippen LogP contribution in [0.25, 0.3) is 0 Å². The molecule has 0 saturated heterocycles. The average Bonchev–Trinajstić information content (AvgIpc) is 2.88. The van der Waals surface area contributed by atoms with E-state index in [0.29, 0.717) is 6.61 Å². The minimum Gasteiger partial charge on any atom is -0.488 e. The fraction of sp³-hybridized carbons (Fsp3) is 0.267. The summed E-state index contributed by atoms with van der Waals surface area (Å²) in [6.07, 6.45) is 2.75. The number of pyridine rings is 1. The maximum atomic E-state index is 5.82. The Hall–Kier alpha value is -1.55. The lowest BCUT2D eigenvalue weighted by molar-refractivity contribution is 0.148. The number of ether oxygens (including phenoxy) is 2. The van der Waals surface area contributed by atoms with Crippen LogP contribution in [0.5, 0.6) is 11.5 Å². The van der Waals surface area contributed by atoms with Gasteiger partial charge in [-0.25, -0.2) is 0 Å². The summed E-state index contributed by atoms with van der Waals surface area (Å²) < 4.78 is 11.5. The molecule has 3 rings (SSSR count). The number of hydrogen-bond acceptors (Lipinski definition) is 3. The van der Waals surface area contributed by atoms with Crippen molar-refractivity contribution in [2.45, 2.75) is 17.9 Å².